The number of nitrogens with zero attached hydrogens (tertiary/aromatic N) is 2. The van der Waals surface area contributed by atoms with Crippen molar-refractivity contribution < 1.29 is 28.9 Å². The average molecular weight is 325 g/mol. The molecule has 0 radical (unpaired) electrons. The second kappa shape index (κ2) is 5.98. The Morgan fingerprint density at radius 2 is 1.90 bits per heavy atom. The van der Waals surface area contributed by atoms with Gasteiger partial charge in [0.25, 0.3) is 5.56 Å². The minimum absolute atomic E-state index is 0.130. The summed E-state index contributed by atoms with van der Waals surface area (Å²) >= 11 is 6.07. The van der Waals surface area contributed by atoms with Crippen LogP contribution in [0.2, 0.25) is 0 Å². The summed E-state index contributed by atoms with van der Waals surface area (Å²) in [7, 11) is -4.69. The molecule has 1 aromatic heterocycles. The van der Waals surface area contributed by atoms with E-state index in [1.54, 1.807) is 6.07 Å². The van der Waals surface area contributed by atoms with Gasteiger partial charge in [0.05, 0.1) is 14.9 Å². The summed E-state index contributed by atoms with van der Waals surface area (Å²) in [5.74, 6) is 0.970. The number of hydrogen-bond donors (Lipinski definition) is 1. The van der Waals surface area contributed by atoms with Gasteiger partial charge in [-0.3, -0.25) is 4.79 Å². The molecule has 2 aliphatic heterocycles. The third kappa shape index (κ3) is 4.16. The lowest BCUT2D eigenvalue weighted by atomic mass is 9.84. The van der Waals surface area contributed by atoms with Crippen molar-refractivity contribution in [2.75, 3.05) is 13.1 Å². The van der Waals surface area contributed by atoms with Gasteiger partial charge in [0.2, 0.25) is 0 Å². The number of piperidine rings is 1. The fourth-order valence-corrected chi connectivity index (χ4v) is 3.20. The van der Waals surface area contributed by atoms with E-state index in [1.807, 2.05) is 15.1 Å². The van der Waals surface area contributed by atoms with Crippen LogP contribution in [-0.2, 0) is 6.54 Å². The van der Waals surface area contributed by atoms with Gasteiger partial charge in [0, 0.05) is 37.3 Å². The highest BCUT2D eigenvalue weighted by Crippen LogP contribution is 2.35. The van der Waals surface area contributed by atoms with Gasteiger partial charge in [-0.2, -0.15) is 14.0 Å². The number of hydrogen-bond acceptors (Lipinski definition) is 6. The molecule has 0 aromatic carbocycles. The Labute approximate surface area is 122 Å². The largest absolute Gasteiger partial charge is 0.312 e. The molecule has 9 heteroatoms. The number of pyridine rings is 1. The topological polar surface area (TPSA) is 115 Å². The highest BCUT2D eigenvalue weighted by Gasteiger charge is 2.33. The van der Waals surface area contributed by atoms with Crippen LogP contribution in [0, 0.1) is 16.2 Å². The maximum Gasteiger partial charge on any atom is 0.250 e. The quantitative estimate of drug-likeness (QED) is 0.519. The van der Waals surface area contributed by atoms with Crippen LogP contribution in [0.1, 0.15) is 18.0 Å². The zero-order valence-corrected chi connectivity index (χ0v) is 12.0. The first-order valence-corrected chi connectivity index (χ1v) is 7.58. The molecule has 112 valence electrons. The Bertz CT molecular complexity index is 524. The lowest BCUT2D eigenvalue weighted by molar-refractivity contribution is -1.92. The van der Waals surface area contributed by atoms with Crippen LogP contribution in [0.15, 0.2) is 23.0 Å². The van der Waals surface area contributed by atoms with Crippen molar-refractivity contribution in [2.24, 2.45) is 5.92 Å². The van der Waals surface area contributed by atoms with E-state index >= 15 is 0 Å². The fraction of sp³-hybridized carbons (Fsp3) is 0.545. The molecule has 1 aromatic rings. The lowest BCUT2D eigenvalue weighted by Gasteiger charge is -2.39. The zero-order valence-electron chi connectivity index (χ0n) is 10.4. The van der Waals surface area contributed by atoms with Gasteiger partial charge in [0.15, 0.2) is 0 Å². The standard InChI is InChI=1S/C11H13ClN2O.ClHO4/c12-13-5-8-4-9(7-13)10-2-1-3-11(15)14(10)6-8;2-1(3,4)5/h1-3,8-9H,4-7H2;(H,2,3,4,5)/t8-,9+;/m0./s1. The van der Waals surface area contributed by atoms with Crippen molar-refractivity contribution in [1.29, 1.82) is 0 Å². The molecule has 7 nitrogen and oxygen atoms in total. The Hall–Kier alpha value is -0.670. The van der Waals surface area contributed by atoms with Gasteiger partial charge < -0.3 is 4.57 Å². The van der Waals surface area contributed by atoms with E-state index in [0.29, 0.717) is 11.8 Å². The molecule has 3 heterocycles. The van der Waals surface area contributed by atoms with Crippen molar-refractivity contribution in [3.63, 3.8) is 0 Å². The molecule has 2 bridgehead atoms. The van der Waals surface area contributed by atoms with Crippen molar-refractivity contribution in [2.45, 2.75) is 18.9 Å². The third-order valence-electron chi connectivity index (χ3n) is 3.44. The van der Waals surface area contributed by atoms with Crippen LogP contribution in [0.5, 0.6) is 0 Å². The van der Waals surface area contributed by atoms with Crippen LogP contribution < -0.4 is 19.5 Å². The molecule has 1 N–H and O–H groups in total. The van der Waals surface area contributed by atoms with Crippen LogP contribution >= 0.6 is 11.8 Å². The van der Waals surface area contributed by atoms with Gasteiger partial charge >= 0.3 is 0 Å². The maximum atomic E-state index is 11.7. The van der Waals surface area contributed by atoms with Crippen LogP contribution in [0.25, 0.3) is 0 Å². The summed E-state index contributed by atoms with van der Waals surface area (Å²) in [4.78, 5) is 11.7. The molecule has 0 spiro atoms. The minimum atomic E-state index is -4.69. The fourth-order valence-electron chi connectivity index (χ4n) is 2.84. The molecule has 20 heavy (non-hydrogen) atoms. The van der Waals surface area contributed by atoms with E-state index in [1.165, 1.54) is 6.42 Å². The molecule has 2 aliphatic rings. The number of rotatable bonds is 0. The van der Waals surface area contributed by atoms with Gasteiger partial charge in [-0.15, -0.1) is 0 Å². The van der Waals surface area contributed by atoms with E-state index in [2.05, 4.69) is 6.07 Å². The number of aromatic nitrogens is 1. The second-order valence-corrected chi connectivity index (χ2v) is 6.19. The predicted molar refractivity (Wildman–Crippen MR) is 61.2 cm³/mol. The highest BCUT2D eigenvalue weighted by molar-refractivity contribution is 6.13. The van der Waals surface area contributed by atoms with Crippen LogP contribution in [0.3, 0.4) is 0 Å². The summed E-state index contributed by atoms with van der Waals surface area (Å²) in [5.41, 5.74) is 1.29. The summed E-state index contributed by atoms with van der Waals surface area (Å²) in [6.45, 7) is 2.59. The Balaban J connectivity index is 0.000000257. The first-order chi connectivity index (χ1) is 9.24. The molecular formula is C11H14Cl2N2O5. The van der Waals surface area contributed by atoms with E-state index in [4.69, 9.17) is 30.4 Å². The van der Waals surface area contributed by atoms with Crippen molar-refractivity contribution in [3.05, 3.63) is 34.2 Å². The molecule has 0 amide bonds. The third-order valence-corrected chi connectivity index (χ3v) is 3.71. The van der Waals surface area contributed by atoms with Gasteiger partial charge in [-0.25, -0.2) is 4.42 Å². The van der Waals surface area contributed by atoms with Crippen molar-refractivity contribution >= 4 is 11.8 Å². The second-order valence-electron chi connectivity index (χ2n) is 4.92. The van der Waals surface area contributed by atoms with Gasteiger partial charge in [-0.05, 0) is 30.2 Å². The molecule has 3 rings (SSSR count). The number of halogens is 2. The maximum absolute atomic E-state index is 11.7. The molecule has 1 fully saturated rings. The SMILES string of the molecule is O=c1cccc2n1C[C@H]1C[C@@H]2CN(Cl)C1.[O-][Cl+3]([O-])([O-])O. The van der Waals surface area contributed by atoms with Crippen molar-refractivity contribution in [3.8, 4) is 0 Å². The Kier molecular flexibility index (Phi) is 4.70. The molecule has 0 aliphatic carbocycles. The monoisotopic (exact) mass is 324 g/mol. The normalized spacial score (nSPS) is 25.4. The van der Waals surface area contributed by atoms with Gasteiger partial charge in [-0.1, -0.05) is 6.07 Å². The average Bonchev–Trinajstić information content (AvgIpc) is 2.28. The molecule has 0 unspecified atom stereocenters. The van der Waals surface area contributed by atoms with Gasteiger partial charge in [0.1, 0.15) is 0 Å². The number of fused-ring (bicyclic) bond motifs is 4. The van der Waals surface area contributed by atoms with Crippen LogP contribution in [0.4, 0.5) is 0 Å². The van der Waals surface area contributed by atoms with E-state index in [-0.39, 0.29) is 5.56 Å². The molecule has 2 atom stereocenters. The molecule has 1 saturated heterocycles. The first-order valence-electron chi connectivity index (χ1n) is 5.97. The zero-order chi connectivity index (χ0) is 14.9. The summed E-state index contributed by atoms with van der Waals surface area (Å²) in [6.07, 6.45) is 1.17. The predicted octanol–water partition coefficient (Wildman–Crippen LogP) is -2.70. The summed E-state index contributed by atoms with van der Waals surface area (Å²) < 4.78 is 36.5. The summed E-state index contributed by atoms with van der Waals surface area (Å²) in [6, 6.07) is 5.54. The van der Waals surface area contributed by atoms with E-state index in [9.17, 15) is 4.79 Å². The molecule has 0 saturated carbocycles. The Morgan fingerprint density at radius 3 is 2.55 bits per heavy atom. The Morgan fingerprint density at radius 1 is 1.25 bits per heavy atom. The lowest BCUT2D eigenvalue weighted by Crippen LogP contribution is -2.58. The first kappa shape index (κ1) is 15.7. The van der Waals surface area contributed by atoms with E-state index < -0.39 is 10.2 Å². The summed E-state index contributed by atoms with van der Waals surface area (Å²) in [5, 5.41) is 0. The van der Waals surface area contributed by atoms with Crippen LogP contribution in [-0.4, -0.2) is 26.7 Å². The minimum Gasteiger partial charge on any atom is -0.312 e. The molecular weight excluding hydrogens is 311 g/mol. The smallest absolute Gasteiger partial charge is 0.250 e. The van der Waals surface area contributed by atoms with E-state index in [0.717, 1.165) is 25.3 Å². The highest BCUT2D eigenvalue weighted by atomic mass is 35.7. The van der Waals surface area contributed by atoms with Crippen molar-refractivity contribution in [1.82, 2.24) is 8.99 Å².